The predicted molar refractivity (Wildman–Crippen MR) is 104 cm³/mol. The molecule has 152 valence electrons. The monoisotopic (exact) mass is 409 g/mol. The number of methoxy groups -OCH3 is 1. The van der Waals surface area contributed by atoms with Gasteiger partial charge < -0.3 is 20.3 Å². The van der Waals surface area contributed by atoms with Gasteiger partial charge in [-0.15, -0.1) is 0 Å². The van der Waals surface area contributed by atoms with Crippen LogP contribution in [0.3, 0.4) is 0 Å². The number of hydrogen-bond donors (Lipinski definition) is 2. The molecule has 0 atom stereocenters. The summed E-state index contributed by atoms with van der Waals surface area (Å²) < 4.78 is 32.7. The second-order valence-electron chi connectivity index (χ2n) is 6.19. The molecule has 0 aliphatic heterocycles. The summed E-state index contributed by atoms with van der Waals surface area (Å²) in [5.74, 6) is 0.434. The minimum atomic E-state index is -3.95. The van der Waals surface area contributed by atoms with Crippen molar-refractivity contribution in [3.63, 3.8) is 0 Å². The molecule has 28 heavy (non-hydrogen) atoms. The fourth-order valence-electron chi connectivity index (χ4n) is 2.16. The average molecular weight is 409 g/mol. The van der Waals surface area contributed by atoms with Crippen molar-refractivity contribution in [1.29, 1.82) is 0 Å². The van der Waals surface area contributed by atoms with Gasteiger partial charge in [0.2, 0.25) is 21.9 Å². The maximum atomic E-state index is 12.6. The number of anilines is 2. The minimum Gasteiger partial charge on any atom is -0.496 e. The summed E-state index contributed by atoms with van der Waals surface area (Å²) in [6.45, 7) is -0.162. The standard InChI is InChI=1S/C16H23N7O4S/c1-22(2)15-19-13(20-16(21-15)23(3)4)9-18-28(25,26)10-6-7-12(27-5)11(8-10)14(17)24/h6-8,18H,9H2,1-5H3,(H2,17,24). The number of hydrogen-bond acceptors (Lipinski definition) is 9. The molecule has 1 heterocycles. The number of ether oxygens (including phenoxy) is 1. The van der Waals surface area contributed by atoms with Gasteiger partial charge in [-0.25, -0.2) is 13.1 Å². The number of nitrogens with zero attached hydrogens (tertiary/aromatic N) is 5. The highest BCUT2D eigenvalue weighted by Crippen LogP contribution is 2.22. The second-order valence-corrected chi connectivity index (χ2v) is 7.96. The first-order chi connectivity index (χ1) is 13.0. The van der Waals surface area contributed by atoms with Crippen LogP contribution in [0.5, 0.6) is 5.75 Å². The van der Waals surface area contributed by atoms with Crippen LogP contribution in [0.25, 0.3) is 0 Å². The van der Waals surface area contributed by atoms with E-state index >= 15 is 0 Å². The van der Waals surface area contributed by atoms with E-state index in [9.17, 15) is 13.2 Å². The number of carbonyl (C=O) groups excluding carboxylic acids is 1. The van der Waals surface area contributed by atoms with Crippen molar-refractivity contribution in [2.75, 3.05) is 45.1 Å². The molecule has 0 aliphatic rings. The van der Waals surface area contributed by atoms with E-state index in [0.29, 0.717) is 11.9 Å². The van der Waals surface area contributed by atoms with Crippen LogP contribution in [0, 0.1) is 0 Å². The van der Waals surface area contributed by atoms with E-state index in [1.807, 2.05) is 0 Å². The molecule has 0 saturated heterocycles. The van der Waals surface area contributed by atoms with Gasteiger partial charge in [-0.3, -0.25) is 4.79 Å². The molecule has 0 radical (unpaired) electrons. The molecule has 0 saturated carbocycles. The van der Waals surface area contributed by atoms with Crippen molar-refractivity contribution < 1.29 is 17.9 Å². The smallest absolute Gasteiger partial charge is 0.252 e. The Morgan fingerprint density at radius 3 is 2.14 bits per heavy atom. The maximum absolute atomic E-state index is 12.6. The first-order valence-electron chi connectivity index (χ1n) is 8.12. The third-order valence-corrected chi connectivity index (χ3v) is 5.02. The van der Waals surface area contributed by atoms with Crippen molar-refractivity contribution in [1.82, 2.24) is 19.7 Å². The summed E-state index contributed by atoms with van der Waals surface area (Å²) in [7, 11) is 4.49. The number of carbonyl (C=O) groups is 1. The largest absolute Gasteiger partial charge is 0.496 e. The van der Waals surface area contributed by atoms with Crippen molar-refractivity contribution in [3.8, 4) is 5.75 Å². The van der Waals surface area contributed by atoms with E-state index in [2.05, 4.69) is 19.7 Å². The number of aromatic nitrogens is 3. The third-order valence-electron chi connectivity index (χ3n) is 3.63. The van der Waals surface area contributed by atoms with Crippen molar-refractivity contribution in [2.24, 2.45) is 5.73 Å². The van der Waals surface area contributed by atoms with E-state index in [0.717, 1.165) is 6.07 Å². The summed E-state index contributed by atoms with van der Waals surface area (Å²) in [6.07, 6.45) is 0. The van der Waals surface area contributed by atoms with Crippen molar-refractivity contribution >= 4 is 27.8 Å². The zero-order valence-electron chi connectivity index (χ0n) is 16.3. The van der Waals surface area contributed by atoms with Gasteiger partial charge in [0.15, 0.2) is 5.82 Å². The Morgan fingerprint density at radius 2 is 1.68 bits per heavy atom. The molecule has 0 bridgehead atoms. The van der Waals surface area contributed by atoms with E-state index in [-0.39, 0.29) is 28.6 Å². The molecule has 12 heteroatoms. The van der Waals surface area contributed by atoms with E-state index in [1.165, 1.54) is 19.2 Å². The van der Waals surface area contributed by atoms with Crippen LogP contribution in [0.15, 0.2) is 23.1 Å². The molecule has 11 nitrogen and oxygen atoms in total. The number of nitrogens with two attached hydrogens (primary N) is 1. The summed E-state index contributed by atoms with van der Waals surface area (Å²) in [6, 6.07) is 3.84. The molecule has 1 aromatic heterocycles. The van der Waals surface area contributed by atoms with E-state index in [1.54, 1.807) is 38.0 Å². The van der Waals surface area contributed by atoms with E-state index in [4.69, 9.17) is 10.5 Å². The lowest BCUT2D eigenvalue weighted by atomic mass is 10.2. The first-order valence-corrected chi connectivity index (χ1v) is 9.60. The van der Waals surface area contributed by atoms with Crippen LogP contribution < -0.4 is 25.0 Å². The van der Waals surface area contributed by atoms with Gasteiger partial charge in [-0.1, -0.05) is 0 Å². The number of benzene rings is 1. The van der Waals surface area contributed by atoms with Gasteiger partial charge >= 0.3 is 0 Å². The number of primary amides is 1. The van der Waals surface area contributed by atoms with Gasteiger partial charge in [0, 0.05) is 28.2 Å². The molecular weight excluding hydrogens is 386 g/mol. The number of rotatable bonds is 8. The van der Waals surface area contributed by atoms with Gasteiger partial charge in [-0.05, 0) is 18.2 Å². The van der Waals surface area contributed by atoms with Crippen LogP contribution >= 0.6 is 0 Å². The van der Waals surface area contributed by atoms with Crippen molar-refractivity contribution in [3.05, 3.63) is 29.6 Å². The quantitative estimate of drug-likeness (QED) is 0.594. The Hall–Kier alpha value is -2.99. The normalized spacial score (nSPS) is 11.2. The Balaban J connectivity index is 2.31. The predicted octanol–water partition coefficient (Wildman–Crippen LogP) is -0.410. The zero-order valence-corrected chi connectivity index (χ0v) is 17.1. The zero-order chi connectivity index (χ0) is 21.1. The number of sulfonamides is 1. The van der Waals surface area contributed by atoms with Crippen LogP contribution in [0.4, 0.5) is 11.9 Å². The Kier molecular flexibility index (Phi) is 6.36. The highest BCUT2D eigenvalue weighted by molar-refractivity contribution is 7.89. The molecule has 1 aromatic carbocycles. The molecule has 0 aliphatic carbocycles. The summed E-state index contributed by atoms with van der Waals surface area (Å²) >= 11 is 0. The third kappa shape index (κ3) is 4.84. The molecular formula is C16H23N7O4S. The molecule has 1 amide bonds. The molecule has 0 fully saturated rings. The number of nitrogens with one attached hydrogen (secondary N) is 1. The Labute approximate surface area is 163 Å². The fourth-order valence-corrected chi connectivity index (χ4v) is 3.17. The van der Waals surface area contributed by atoms with Crippen LogP contribution in [-0.4, -0.2) is 64.6 Å². The summed E-state index contributed by atoms with van der Waals surface area (Å²) in [4.78, 5) is 27.5. The summed E-state index contributed by atoms with van der Waals surface area (Å²) in [5, 5.41) is 0. The molecule has 3 N–H and O–H groups in total. The molecule has 2 aromatic rings. The fraction of sp³-hybridized carbons (Fsp3) is 0.375. The highest BCUT2D eigenvalue weighted by Gasteiger charge is 2.20. The Morgan fingerprint density at radius 1 is 1.11 bits per heavy atom. The lowest BCUT2D eigenvalue weighted by molar-refractivity contribution is 0.0997. The SMILES string of the molecule is COc1ccc(S(=O)(=O)NCc2nc(N(C)C)nc(N(C)C)n2)cc1C(N)=O. The van der Waals surface area contributed by atoms with Gasteiger partial charge in [0.1, 0.15) is 5.75 Å². The lowest BCUT2D eigenvalue weighted by Crippen LogP contribution is -2.27. The average Bonchev–Trinajstić information content (AvgIpc) is 2.65. The molecule has 0 unspecified atom stereocenters. The first kappa shape index (κ1) is 21.3. The highest BCUT2D eigenvalue weighted by atomic mass is 32.2. The Bertz CT molecular complexity index is 951. The number of amides is 1. The topological polar surface area (TPSA) is 144 Å². The van der Waals surface area contributed by atoms with Gasteiger partial charge in [-0.2, -0.15) is 15.0 Å². The van der Waals surface area contributed by atoms with Gasteiger partial charge in [0.25, 0.3) is 5.91 Å². The van der Waals surface area contributed by atoms with Crippen molar-refractivity contribution in [2.45, 2.75) is 11.4 Å². The summed E-state index contributed by atoms with van der Waals surface area (Å²) in [5.41, 5.74) is 5.25. The minimum absolute atomic E-state index is 0.0321. The lowest BCUT2D eigenvalue weighted by Gasteiger charge is -2.16. The van der Waals surface area contributed by atoms with Crippen LogP contribution in [0.1, 0.15) is 16.2 Å². The van der Waals surface area contributed by atoms with Crippen LogP contribution in [0.2, 0.25) is 0 Å². The maximum Gasteiger partial charge on any atom is 0.252 e. The molecule has 0 spiro atoms. The van der Waals surface area contributed by atoms with Gasteiger partial charge in [0.05, 0.1) is 24.1 Å². The van der Waals surface area contributed by atoms with Crippen LogP contribution in [-0.2, 0) is 16.6 Å². The van der Waals surface area contributed by atoms with E-state index < -0.39 is 15.9 Å². The second kappa shape index (κ2) is 8.35. The molecule has 2 rings (SSSR count).